The van der Waals surface area contributed by atoms with Gasteiger partial charge in [0.15, 0.2) is 0 Å². The third-order valence-electron chi connectivity index (χ3n) is 4.47. The predicted octanol–water partition coefficient (Wildman–Crippen LogP) is 7.50. The molecule has 4 rings (SSSR count). The quantitative estimate of drug-likeness (QED) is 0.315. The van der Waals surface area contributed by atoms with Crippen molar-refractivity contribution in [3.8, 4) is 22.5 Å². The Morgan fingerprint density at radius 2 is 1.34 bits per heavy atom. The van der Waals surface area contributed by atoms with Crippen LogP contribution in [0.1, 0.15) is 5.56 Å². The molecule has 0 radical (unpaired) electrons. The summed E-state index contributed by atoms with van der Waals surface area (Å²) in [7, 11) is 0. The van der Waals surface area contributed by atoms with Crippen LogP contribution in [0.4, 0.5) is 8.78 Å². The highest BCUT2D eigenvalue weighted by molar-refractivity contribution is 6.36. The normalized spacial score (nSPS) is 11.1. The van der Waals surface area contributed by atoms with E-state index in [2.05, 4.69) is 5.10 Å². The first-order chi connectivity index (χ1) is 13.9. The van der Waals surface area contributed by atoms with Gasteiger partial charge in [-0.25, -0.2) is 8.78 Å². The van der Waals surface area contributed by atoms with Crippen molar-refractivity contribution in [2.75, 3.05) is 0 Å². The first-order valence-electron chi connectivity index (χ1n) is 8.64. The van der Waals surface area contributed by atoms with Gasteiger partial charge >= 0.3 is 0 Å². The third-order valence-corrected chi connectivity index (χ3v) is 5.41. The van der Waals surface area contributed by atoms with Crippen LogP contribution in [-0.4, -0.2) is 9.78 Å². The fraction of sp³-hybridized carbons (Fsp3) is 0.0455. The number of benzene rings is 3. The van der Waals surface area contributed by atoms with Crippen molar-refractivity contribution in [1.29, 1.82) is 0 Å². The molecule has 1 aromatic heterocycles. The van der Waals surface area contributed by atoms with Crippen LogP contribution in [0.3, 0.4) is 0 Å². The predicted molar refractivity (Wildman–Crippen MR) is 114 cm³/mol. The maximum absolute atomic E-state index is 13.4. The van der Waals surface area contributed by atoms with Crippen molar-refractivity contribution in [3.63, 3.8) is 0 Å². The van der Waals surface area contributed by atoms with Crippen molar-refractivity contribution in [1.82, 2.24) is 9.78 Å². The first-order valence-corrected chi connectivity index (χ1v) is 9.78. The molecule has 7 heteroatoms. The molecule has 0 aliphatic heterocycles. The Labute approximate surface area is 181 Å². The summed E-state index contributed by atoms with van der Waals surface area (Å²) in [5.41, 5.74) is 3.26. The molecule has 0 amide bonds. The Bertz CT molecular complexity index is 1170. The summed E-state index contributed by atoms with van der Waals surface area (Å²) in [6.07, 6.45) is 0. The summed E-state index contributed by atoms with van der Waals surface area (Å²) < 4.78 is 28.5. The monoisotopic (exact) mass is 448 g/mol. The molecule has 0 aliphatic rings. The van der Waals surface area contributed by atoms with Gasteiger partial charge < -0.3 is 0 Å². The zero-order chi connectivity index (χ0) is 20.5. The standard InChI is InChI=1S/C22H13Cl3F2N2/c23-16-6-1-15(19(24)11-16)12-29-22(14-4-9-18(27)10-5-14)20(25)21(28-29)13-2-7-17(26)8-3-13/h1-11H,12H2. The van der Waals surface area contributed by atoms with Crippen LogP contribution in [0, 0.1) is 11.6 Å². The summed E-state index contributed by atoms with van der Waals surface area (Å²) in [5, 5.41) is 6.06. The van der Waals surface area contributed by atoms with Gasteiger partial charge in [0.05, 0.1) is 17.3 Å². The smallest absolute Gasteiger partial charge is 0.123 e. The second-order valence-electron chi connectivity index (χ2n) is 6.42. The summed E-state index contributed by atoms with van der Waals surface area (Å²) >= 11 is 19.0. The average molecular weight is 450 g/mol. The molecule has 29 heavy (non-hydrogen) atoms. The van der Waals surface area contributed by atoms with Crippen LogP contribution in [0.25, 0.3) is 22.5 Å². The number of nitrogens with zero attached hydrogens (tertiary/aromatic N) is 2. The molecule has 0 N–H and O–H groups in total. The molecule has 0 unspecified atom stereocenters. The fourth-order valence-corrected chi connectivity index (χ4v) is 3.86. The van der Waals surface area contributed by atoms with Crippen molar-refractivity contribution in [3.05, 3.63) is 99.0 Å². The third kappa shape index (κ3) is 4.15. The first kappa shape index (κ1) is 19.9. The lowest BCUT2D eigenvalue weighted by Gasteiger charge is -2.10. The molecular weight excluding hydrogens is 437 g/mol. The van der Waals surface area contributed by atoms with Crippen LogP contribution >= 0.6 is 34.8 Å². The van der Waals surface area contributed by atoms with Crippen molar-refractivity contribution >= 4 is 34.8 Å². The molecule has 0 bridgehead atoms. The highest BCUT2D eigenvalue weighted by Gasteiger charge is 2.20. The zero-order valence-corrected chi connectivity index (χ0v) is 17.1. The van der Waals surface area contributed by atoms with Crippen molar-refractivity contribution in [2.45, 2.75) is 6.54 Å². The SMILES string of the molecule is Fc1ccc(-c2nn(Cc3ccc(Cl)cc3Cl)c(-c3ccc(F)cc3)c2Cl)cc1. The topological polar surface area (TPSA) is 17.8 Å². The molecule has 0 spiro atoms. The van der Waals surface area contributed by atoms with E-state index >= 15 is 0 Å². The molecular formula is C22H13Cl3F2N2. The van der Waals surface area contributed by atoms with E-state index in [0.29, 0.717) is 44.1 Å². The Hall–Kier alpha value is -2.40. The van der Waals surface area contributed by atoms with Crippen LogP contribution in [-0.2, 0) is 6.54 Å². The van der Waals surface area contributed by atoms with Gasteiger partial charge in [-0.1, -0.05) is 40.9 Å². The molecule has 2 nitrogen and oxygen atoms in total. The highest BCUT2D eigenvalue weighted by atomic mass is 35.5. The van der Waals surface area contributed by atoms with Gasteiger partial charge in [-0.2, -0.15) is 5.10 Å². The second-order valence-corrected chi connectivity index (χ2v) is 7.64. The van der Waals surface area contributed by atoms with Gasteiger partial charge in [0.2, 0.25) is 0 Å². The minimum atomic E-state index is -0.351. The number of halogens is 5. The molecule has 0 aliphatic carbocycles. The Kier molecular flexibility index (Phi) is 5.59. The lowest BCUT2D eigenvalue weighted by atomic mass is 10.1. The van der Waals surface area contributed by atoms with E-state index in [1.165, 1.54) is 24.3 Å². The summed E-state index contributed by atoms with van der Waals surface area (Å²) in [6, 6.07) is 17.1. The largest absolute Gasteiger partial charge is 0.258 e. The van der Waals surface area contributed by atoms with Crippen LogP contribution in [0.5, 0.6) is 0 Å². The van der Waals surface area contributed by atoms with Gasteiger partial charge in [-0.15, -0.1) is 0 Å². The van der Waals surface area contributed by atoms with E-state index in [1.54, 1.807) is 41.1 Å². The van der Waals surface area contributed by atoms with E-state index < -0.39 is 0 Å². The summed E-state index contributed by atoms with van der Waals surface area (Å²) in [4.78, 5) is 0. The Morgan fingerprint density at radius 3 is 1.93 bits per heavy atom. The molecule has 0 saturated heterocycles. The molecule has 0 atom stereocenters. The van der Waals surface area contributed by atoms with E-state index in [-0.39, 0.29) is 11.6 Å². The van der Waals surface area contributed by atoms with E-state index in [4.69, 9.17) is 34.8 Å². The second kappa shape index (κ2) is 8.15. The van der Waals surface area contributed by atoms with Crippen LogP contribution in [0.15, 0.2) is 66.7 Å². The van der Waals surface area contributed by atoms with Gasteiger partial charge in [-0.3, -0.25) is 4.68 Å². The summed E-state index contributed by atoms with van der Waals surface area (Å²) in [5.74, 6) is -0.702. The maximum Gasteiger partial charge on any atom is 0.123 e. The van der Waals surface area contributed by atoms with Gasteiger partial charge in [-0.05, 0) is 66.2 Å². The number of hydrogen-bond acceptors (Lipinski definition) is 1. The van der Waals surface area contributed by atoms with E-state index in [1.807, 2.05) is 6.07 Å². The molecule has 3 aromatic carbocycles. The Morgan fingerprint density at radius 1 is 0.759 bits per heavy atom. The van der Waals surface area contributed by atoms with Crippen LogP contribution < -0.4 is 0 Å². The lowest BCUT2D eigenvalue weighted by Crippen LogP contribution is -2.04. The minimum Gasteiger partial charge on any atom is -0.258 e. The van der Waals surface area contributed by atoms with Crippen LogP contribution in [0.2, 0.25) is 15.1 Å². The molecule has 1 heterocycles. The zero-order valence-electron chi connectivity index (χ0n) is 14.8. The molecule has 0 saturated carbocycles. The van der Waals surface area contributed by atoms with Crippen molar-refractivity contribution in [2.24, 2.45) is 0 Å². The summed E-state index contributed by atoms with van der Waals surface area (Å²) in [6.45, 7) is 0.323. The number of aromatic nitrogens is 2. The molecule has 146 valence electrons. The average Bonchev–Trinajstić information content (AvgIpc) is 3.01. The van der Waals surface area contributed by atoms with Gasteiger partial charge in [0, 0.05) is 21.2 Å². The molecule has 0 fully saturated rings. The van der Waals surface area contributed by atoms with Crippen molar-refractivity contribution < 1.29 is 8.78 Å². The van der Waals surface area contributed by atoms with E-state index in [0.717, 1.165) is 5.56 Å². The van der Waals surface area contributed by atoms with Gasteiger partial charge in [0.25, 0.3) is 0 Å². The number of hydrogen-bond donors (Lipinski definition) is 0. The number of rotatable bonds is 4. The van der Waals surface area contributed by atoms with E-state index in [9.17, 15) is 8.78 Å². The lowest BCUT2D eigenvalue weighted by molar-refractivity contribution is 0.627. The minimum absolute atomic E-state index is 0.323. The highest BCUT2D eigenvalue weighted by Crippen LogP contribution is 2.37. The van der Waals surface area contributed by atoms with Gasteiger partial charge in [0.1, 0.15) is 17.3 Å². The fourth-order valence-electron chi connectivity index (χ4n) is 3.04. The Balaban J connectivity index is 1.86. The maximum atomic E-state index is 13.4. The molecule has 4 aromatic rings.